The van der Waals surface area contributed by atoms with Gasteiger partial charge in [-0.3, -0.25) is 14.4 Å². The van der Waals surface area contributed by atoms with Gasteiger partial charge in [0.25, 0.3) is 5.91 Å². The first kappa shape index (κ1) is 17.0. The van der Waals surface area contributed by atoms with Gasteiger partial charge in [0.05, 0.1) is 0 Å². The number of nitrogens with zero attached hydrogens (tertiary/aromatic N) is 1. The predicted octanol–water partition coefficient (Wildman–Crippen LogP) is 0.404. The van der Waals surface area contributed by atoms with Crippen LogP contribution in [0.3, 0.4) is 0 Å². The second kappa shape index (κ2) is 5.10. The lowest BCUT2D eigenvalue weighted by Gasteiger charge is -2.18. The van der Waals surface area contributed by atoms with E-state index in [-0.39, 0.29) is 31.0 Å². The Hall–Kier alpha value is -2.79. The van der Waals surface area contributed by atoms with E-state index in [1.807, 2.05) is 0 Å². The topological polar surface area (TPSA) is 128 Å². The fourth-order valence-corrected chi connectivity index (χ4v) is 3.32. The van der Waals surface area contributed by atoms with Gasteiger partial charge >= 0.3 is 11.9 Å². The summed E-state index contributed by atoms with van der Waals surface area (Å²) in [5, 5.41) is 28.3. The highest BCUT2D eigenvalue weighted by Gasteiger charge is 2.81. The second-order valence-electron chi connectivity index (χ2n) is 7.09. The number of rotatable bonds is 3. The molecule has 1 aliphatic carbocycles. The Bertz CT molecular complexity index is 809. The van der Waals surface area contributed by atoms with Crippen molar-refractivity contribution in [3.05, 3.63) is 23.7 Å². The molecule has 8 heteroatoms. The molecule has 8 nitrogen and oxygen atoms in total. The molecule has 2 fully saturated rings. The number of hydrogen-bond donors (Lipinski definition) is 3. The molecule has 1 aromatic rings. The standard InChI is InChI=1S/C17H17NO7/c1-15(2,24)6-5-10-3-4-11(25-10)12(19)18-8-16(13(20)21)7-17(16,9-18)14(22)23/h3-4,24H,7-9H2,1-2H3,(H,20,21)(H,22,23)/t16-,17+. The molecule has 2 atom stereocenters. The highest BCUT2D eigenvalue weighted by atomic mass is 16.4. The van der Waals surface area contributed by atoms with E-state index in [2.05, 4.69) is 11.8 Å². The molecule has 1 aromatic heterocycles. The van der Waals surface area contributed by atoms with Crippen molar-refractivity contribution in [1.82, 2.24) is 4.90 Å². The quantitative estimate of drug-likeness (QED) is 0.675. The van der Waals surface area contributed by atoms with Crippen LogP contribution < -0.4 is 0 Å². The molecule has 1 saturated carbocycles. The summed E-state index contributed by atoms with van der Waals surface area (Å²) in [7, 11) is 0. The lowest BCUT2D eigenvalue weighted by molar-refractivity contribution is -0.151. The molecule has 3 rings (SSSR count). The van der Waals surface area contributed by atoms with Crippen LogP contribution in [-0.4, -0.2) is 56.8 Å². The van der Waals surface area contributed by atoms with Crippen LogP contribution in [-0.2, 0) is 9.59 Å². The van der Waals surface area contributed by atoms with Crippen LogP contribution in [0, 0.1) is 22.7 Å². The first-order chi connectivity index (χ1) is 11.5. The van der Waals surface area contributed by atoms with Crippen LogP contribution in [0.2, 0.25) is 0 Å². The second-order valence-corrected chi connectivity index (χ2v) is 7.09. The minimum Gasteiger partial charge on any atom is -0.481 e. The van der Waals surface area contributed by atoms with Crippen LogP contribution in [0.15, 0.2) is 16.5 Å². The molecular formula is C17H17NO7. The van der Waals surface area contributed by atoms with E-state index in [9.17, 15) is 29.7 Å². The van der Waals surface area contributed by atoms with Crippen molar-refractivity contribution < 1.29 is 34.1 Å². The largest absolute Gasteiger partial charge is 0.481 e. The van der Waals surface area contributed by atoms with Gasteiger partial charge in [0.1, 0.15) is 16.4 Å². The highest BCUT2D eigenvalue weighted by Crippen LogP contribution is 2.68. The van der Waals surface area contributed by atoms with Gasteiger partial charge in [-0.1, -0.05) is 5.92 Å². The van der Waals surface area contributed by atoms with Gasteiger partial charge in [0.2, 0.25) is 0 Å². The number of furan rings is 1. The summed E-state index contributed by atoms with van der Waals surface area (Å²) in [4.78, 5) is 36.7. The number of hydrogen-bond acceptors (Lipinski definition) is 5. The summed E-state index contributed by atoms with van der Waals surface area (Å²) in [5.41, 5.74) is -4.07. The molecule has 0 bridgehead atoms. The number of carboxylic acids is 2. The third-order valence-electron chi connectivity index (χ3n) is 4.73. The fraction of sp³-hybridized carbons (Fsp3) is 0.471. The minimum absolute atomic E-state index is 0.0227. The zero-order valence-corrected chi connectivity index (χ0v) is 13.7. The molecule has 0 unspecified atom stereocenters. The van der Waals surface area contributed by atoms with Crippen molar-refractivity contribution in [2.75, 3.05) is 13.1 Å². The maximum Gasteiger partial charge on any atom is 0.312 e. The Morgan fingerprint density at radius 3 is 2.20 bits per heavy atom. The van der Waals surface area contributed by atoms with Gasteiger partial charge in [0.15, 0.2) is 11.5 Å². The average Bonchev–Trinajstić information content (AvgIpc) is 2.86. The lowest BCUT2D eigenvalue weighted by Crippen LogP contribution is -2.34. The molecule has 0 spiro atoms. The number of likely N-dealkylation sites (tertiary alicyclic amines) is 1. The molecule has 3 N–H and O–H groups in total. The van der Waals surface area contributed by atoms with Gasteiger partial charge in [-0.15, -0.1) is 0 Å². The Kier molecular flexibility index (Phi) is 3.48. The van der Waals surface area contributed by atoms with E-state index in [1.165, 1.54) is 30.9 Å². The molecule has 2 aliphatic rings. The Balaban J connectivity index is 1.80. The number of carboxylic acid groups (broad SMARTS) is 2. The zero-order valence-electron chi connectivity index (χ0n) is 13.7. The first-order valence-corrected chi connectivity index (χ1v) is 7.62. The molecule has 0 radical (unpaired) electrons. The minimum atomic E-state index is -1.43. The smallest absolute Gasteiger partial charge is 0.312 e. The predicted molar refractivity (Wildman–Crippen MR) is 82.5 cm³/mol. The van der Waals surface area contributed by atoms with Gasteiger partial charge < -0.3 is 24.6 Å². The van der Waals surface area contributed by atoms with E-state index >= 15 is 0 Å². The summed E-state index contributed by atoms with van der Waals surface area (Å²) in [5.74, 6) is 2.27. The van der Waals surface area contributed by atoms with Crippen molar-refractivity contribution in [3.8, 4) is 11.8 Å². The van der Waals surface area contributed by atoms with E-state index in [0.29, 0.717) is 0 Å². The summed E-state index contributed by atoms with van der Waals surface area (Å²) < 4.78 is 5.32. The van der Waals surface area contributed by atoms with Crippen LogP contribution in [0.5, 0.6) is 0 Å². The van der Waals surface area contributed by atoms with Crippen molar-refractivity contribution in [2.45, 2.75) is 25.9 Å². The SMILES string of the molecule is CC(C)(O)C#Cc1ccc(C(=O)N2C[C@@]3(C(=O)O)C[C@@]3(C(=O)O)C2)o1. The maximum atomic E-state index is 12.5. The Morgan fingerprint density at radius 2 is 1.72 bits per heavy atom. The van der Waals surface area contributed by atoms with Gasteiger partial charge in [0, 0.05) is 13.1 Å². The fourth-order valence-electron chi connectivity index (χ4n) is 3.32. The van der Waals surface area contributed by atoms with E-state index in [0.717, 1.165) is 0 Å². The zero-order chi connectivity index (χ0) is 18.6. The lowest BCUT2D eigenvalue weighted by atomic mass is 9.97. The molecule has 1 saturated heterocycles. The molecule has 0 aromatic carbocycles. The highest BCUT2D eigenvalue weighted by molar-refractivity contribution is 5.98. The molecule has 2 heterocycles. The van der Waals surface area contributed by atoms with Crippen molar-refractivity contribution in [3.63, 3.8) is 0 Å². The number of carbonyl (C=O) groups is 3. The van der Waals surface area contributed by atoms with E-state index < -0.39 is 34.3 Å². The molecular weight excluding hydrogens is 330 g/mol. The number of fused-ring (bicyclic) bond motifs is 1. The Morgan fingerprint density at radius 1 is 1.16 bits per heavy atom. The number of amides is 1. The van der Waals surface area contributed by atoms with Gasteiger partial charge in [-0.2, -0.15) is 0 Å². The van der Waals surface area contributed by atoms with Crippen molar-refractivity contribution >= 4 is 17.8 Å². The van der Waals surface area contributed by atoms with Crippen molar-refractivity contribution in [1.29, 1.82) is 0 Å². The average molecular weight is 347 g/mol. The van der Waals surface area contributed by atoms with Crippen LogP contribution in [0.4, 0.5) is 0 Å². The summed E-state index contributed by atoms with van der Waals surface area (Å²) in [6.45, 7) is 2.67. The van der Waals surface area contributed by atoms with Crippen LogP contribution >= 0.6 is 0 Å². The molecule has 25 heavy (non-hydrogen) atoms. The van der Waals surface area contributed by atoms with Crippen LogP contribution in [0.1, 0.15) is 36.6 Å². The third kappa shape index (κ3) is 2.57. The molecule has 1 aliphatic heterocycles. The number of piperidine rings is 1. The number of aliphatic carboxylic acids is 2. The van der Waals surface area contributed by atoms with E-state index in [4.69, 9.17) is 4.42 Å². The third-order valence-corrected chi connectivity index (χ3v) is 4.73. The monoisotopic (exact) mass is 347 g/mol. The summed E-state index contributed by atoms with van der Waals surface area (Å²) >= 11 is 0. The van der Waals surface area contributed by atoms with Crippen molar-refractivity contribution in [2.24, 2.45) is 10.8 Å². The Labute approximate surface area is 143 Å². The summed E-state index contributed by atoms with van der Waals surface area (Å²) in [6, 6.07) is 2.85. The van der Waals surface area contributed by atoms with Gasteiger partial charge in [-0.05, 0) is 38.3 Å². The first-order valence-electron chi connectivity index (χ1n) is 7.62. The summed E-state index contributed by atoms with van der Waals surface area (Å²) in [6.07, 6.45) is 0.0227. The van der Waals surface area contributed by atoms with Gasteiger partial charge in [-0.25, -0.2) is 0 Å². The van der Waals surface area contributed by atoms with E-state index in [1.54, 1.807) is 0 Å². The maximum absolute atomic E-state index is 12.5. The molecule has 1 amide bonds. The normalized spacial score (nSPS) is 27.2. The number of carbonyl (C=O) groups excluding carboxylic acids is 1. The molecule has 132 valence electrons. The van der Waals surface area contributed by atoms with Crippen LogP contribution in [0.25, 0.3) is 0 Å². The number of aliphatic hydroxyl groups is 1.